The number of nitrogens with zero attached hydrogens (tertiary/aromatic N) is 3. The summed E-state index contributed by atoms with van der Waals surface area (Å²) in [7, 11) is 3.68. The molecule has 5 nitrogen and oxygen atoms in total. The summed E-state index contributed by atoms with van der Waals surface area (Å²) in [5.74, 6) is 0.0628. The van der Waals surface area contributed by atoms with E-state index in [-0.39, 0.29) is 5.91 Å². The molecule has 0 unspecified atom stereocenters. The molecule has 0 fully saturated rings. The lowest BCUT2D eigenvalue weighted by Crippen LogP contribution is -2.37. The van der Waals surface area contributed by atoms with Gasteiger partial charge >= 0.3 is 0 Å². The molecule has 0 radical (unpaired) electrons. The topological polar surface area (TPSA) is 62.5 Å². The van der Waals surface area contributed by atoms with Crippen LogP contribution >= 0.6 is 12.2 Å². The van der Waals surface area contributed by atoms with Gasteiger partial charge in [0.1, 0.15) is 0 Å². The molecule has 0 aliphatic rings. The van der Waals surface area contributed by atoms with Crippen molar-refractivity contribution in [3.05, 3.63) is 30.1 Å². The first kappa shape index (κ1) is 15.5. The Balaban J connectivity index is 2.37. The lowest BCUT2D eigenvalue weighted by Gasteiger charge is -2.21. The summed E-state index contributed by atoms with van der Waals surface area (Å²) in [4.78, 5) is 20.0. The normalized spacial score (nSPS) is 10.5. The van der Waals surface area contributed by atoms with Crippen molar-refractivity contribution in [2.75, 3.05) is 27.2 Å². The molecule has 0 spiro atoms. The Morgan fingerprint density at radius 3 is 2.58 bits per heavy atom. The van der Waals surface area contributed by atoms with Crippen molar-refractivity contribution in [2.24, 2.45) is 5.73 Å². The molecule has 1 aromatic heterocycles. The molecule has 0 aliphatic carbocycles. The highest BCUT2D eigenvalue weighted by atomic mass is 32.1. The van der Waals surface area contributed by atoms with Gasteiger partial charge in [0.2, 0.25) is 5.91 Å². The van der Waals surface area contributed by atoms with Crippen LogP contribution in [0.3, 0.4) is 0 Å². The summed E-state index contributed by atoms with van der Waals surface area (Å²) in [5, 5.41) is 0. The Kier molecular flexibility index (Phi) is 6.38. The SMILES string of the molecule is CN(CC(=O)N(C)CCC(N)=S)Cc1ccncc1. The maximum Gasteiger partial charge on any atom is 0.236 e. The molecule has 6 heteroatoms. The summed E-state index contributed by atoms with van der Waals surface area (Å²) in [6, 6.07) is 3.88. The van der Waals surface area contributed by atoms with Crippen molar-refractivity contribution < 1.29 is 4.79 Å². The van der Waals surface area contributed by atoms with Gasteiger partial charge in [-0.1, -0.05) is 12.2 Å². The van der Waals surface area contributed by atoms with Gasteiger partial charge in [0.05, 0.1) is 11.5 Å². The highest BCUT2D eigenvalue weighted by Gasteiger charge is 2.11. The molecule has 0 aliphatic heterocycles. The molecule has 1 heterocycles. The average Bonchev–Trinajstić information content (AvgIpc) is 2.36. The van der Waals surface area contributed by atoms with Crippen molar-refractivity contribution in [3.8, 4) is 0 Å². The maximum atomic E-state index is 11.9. The van der Waals surface area contributed by atoms with Crippen LogP contribution in [-0.2, 0) is 11.3 Å². The molecule has 0 saturated heterocycles. The highest BCUT2D eigenvalue weighted by Crippen LogP contribution is 2.01. The zero-order chi connectivity index (χ0) is 14.3. The Morgan fingerprint density at radius 1 is 1.37 bits per heavy atom. The first-order valence-corrected chi connectivity index (χ1v) is 6.49. The van der Waals surface area contributed by atoms with Crippen LogP contribution in [0.2, 0.25) is 0 Å². The van der Waals surface area contributed by atoms with Crippen molar-refractivity contribution in [3.63, 3.8) is 0 Å². The van der Waals surface area contributed by atoms with E-state index in [1.165, 1.54) is 0 Å². The fraction of sp³-hybridized carbons (Fsp3) is 0.462. The summed E-state index contributed by atoms with van der Waals surface area (Å²) < 4.78 is 0. The summed E-state index contributed by atoms with van der Waals surface area (Å²) in [6.45, 7) is 1.66. The first-order valence-electron chi connectivity index (χ1n) is 6.08. The van der Waals surface area contributed by atoms with E-state index < -0.39 is 0 Å². The zero-order valence-corrected chi connectivity index (χ0v) is 12.2. The zero-order valence-electron chi connectivity index (χ0n) is 11.4. The van der Waals surface area contributed by atoms with Crippen LogP contribution in [0.25, 0.3) is 0 Å². The third-order valence-corrected chi connectivity index (χ3v) is 2.93. The van der Waals surface area contributed by atoms with Crippen LogP contribution in [0.4, 0.5) is 0 Å². The number of pyridine rings is 1. The maximum absolute atomic E-state index is 11.9. The number of nitrogens with two attached hydrogens (primary N) is 1. The number of aromatic nitrogens is 1. The van der Waals surface area contributed by atoms with Gasteiger partial charge in [-0.05, 0) is 24.7 Å². The van der Waals surface area contributed by atoms with Gasteiger partial charge in [0.25, 0.3) is 0 Å². The Bertz CT molecular complexity index is 424. The van der Waals surface area contributed by atoms with Gasteiger partial charge < -0.3 is 10.6 Å². The predicted octanol–water partition coefficient (Wildman–Crippen LogP) is 0.648. The lowest BCUT2D eigenvalue weighted by atomic mass is 10.2. The molecule has 2 N–H and O–H groups in total. The van der Waals surface area contributed by atoms with E-state index in [1.54, 1.807) is 24.3 Å². The molecule has 0 bridgehead atoms. The number of carbonyl (C=O) groups excluding carboxylic acids is 1. The minimum Gasteiger partial charge on any atom is -0.393 e. The molecule has 19 heavy (non-hydrogen) atoms. The molecule has 104 valence electrons. The lowest BCUT2D eigenvalue weighted by molar-refractivity contribution is -0.130. The number of thiocarbonyl (C=S) groups is 1. The van der Waals surface area contributed by atoms with E-state index >= 15 is 0 Å². The third kappa shape index (κ3) is 6.26. The minimum absolute atomic E-state index is 0.0628. The Hall–Kier alpha value is -1.53. The second-order valence-electron chi connectivity index (χ2n) is 4.56. The fourth-order valence-electron chi connectivity index (χ4n) is 1.61. The van der Waals surface area contributed by atoms with E-state index in [1.807, 2.05) is 24.1 Å². The van der Waals surface area contributed by atoms with E-state index in [2.05, 4.69) is 4.98 Å². The van der Waals surface area contributed by atoms with Crippen LogP contribution < -0.4 is 5.73 Å². The molecular formula is C13H20N4OS. The largest absolute Gasteiger partial charge is 0.393 e. The number of likely N-dealkylation sites (N-methyl/N-ethyl adjacent to an activating group) is 2. The van der Waals surface area contributed by atoms with Crippen LogP contribution in [-0.4, -0.2) is 52.9 Å². The molecule has 0 saturated carbocycles. The van der Waals surface area contributed by atoms with Crippen molar-refractivity contribution in [1.82, 2.24) is 14.8 Å². The molecule has 1 rings (SSSR count). The first-order chi connectivity index (χ1) is 8.99. The highest BCUT2D eigenvalue weighted by molar-refractivity contribution is 7.80. The predicted molar refractivity (Wildman–Crippen MR) is 79.6 cm³/mol. The van der Waals surface area contributed by atoms with Gasteiger partial charge in [-0.15, -0.1) is 0 Å². The van der Waals surface area contributed by atoms with E-state index in [4.69, 9.17) is 18.0 Å². The minimum atomic E-state index is 0.0628. The second-order valence-corrected chi connectivity index (χ2v) is 5.08. The molecule has 0 atom stereocenters. The molecular weight excluding hydrogens is 260 g/mol. The fourth-order valence-corrected chi connectivity index (χ4v) is 1.70. The van der Waals surface area contributed by atoms with E-state index in [0.717, 1.165) is 12.1 Å². The molecule has 1 amide bonds. The quantitative estimate of drug-likeness (QED) is 0.743. The summed E-state index contributed by atoms with van der Waals surface area (Å²) in [5.41, 5.74) is 6.56. The number of hydrogen-bond acceptors (Lipinski definition) is 4. The van der Waals surface area contributed by atoms with Gasteiger partial charge in [-0.3, -0.25) is 14.7 Å². The molecule has 0 aromatic carbocycles. The van der Waals surface area contributed by atoms with Crippen LogP contribution in [0, 0.1) is 0 Å². The summed E-state index contributed by atoms with van der Waals surface area (Å²) in [6.07, 6.45) is 4.06. The smallest absolute Gasteiger partial charge is 0.236 e. The number of hydrogen-bond donors (Lipinski definition) is 1. The van der Waals surface area contributed by atoms with Gasteiger partial charge in [-0.25, -0.2) is 0 Å². The third-order valence-electron chi connectivity index (χ3n) is 2.73. The Morgan fingerprint density at radius 2 is 2.00 bits per heavy atom. The standard InChI is InChI=1S/C13H20N4OS/c1-16(9-11-3-6-15-7-4-11)10-13(18)17(2)8-5-12(14)19/h3-4,6-7H,5,8-10H2,1-2H3,(H2,14,19). The Labute approximate surface area is 119 Å². The van der Waals surface area contributed by atoms with Gasteiger partial charge in [0.15, 0.2) is 0 Å². The molecule has 1 aromatic rings. The van der Waals surface area contributed by atoms with E-state index in [0.29, 0.717) is 24.5 Å². The van der Waals surface area contributed by atoms with Crippen LogP contribution in [0.15, 0.2) is 24.5 Å². The van der Waals surface area contributed by atoms with Crippen LogP contribution in [0.1, 0.15) is 12.0 Å². The van der Waals surface area contributed by atoms with Crippen molar-refractivity contribution in [1.29, 1.82) is 0 Å². The van der Waals surface area contributed by atoms with Gasteiger partial charge in [0, 0.05) is 39.0 Å². The average molecular weight is 280 g/mol. The summed E-state index contributed by atoms with van der Waals surface area (Å²) >= 11 is 4.80. The monoisotopic (exact) mass is 280 g/mol. The number of rotatable bonds is 7. The van der Waals surface area contributed by atoms with Crippen LogP contribution in [0.5, 0.6) is 0 Å². The van der Waals surface area contributed by atoms with Gasteiger partial charge in [-0.2, -0.15) is 0 Å². The van der Waals surface area contributed by atoms with Crippen molar-refractivity contribution in [2.45, 2.75) is 13.0 Å². The van der Waals surface area contributed by atoms with E-state index in [9.17, 15) is 4.79 Å². The second kappa shape index (κ2) is 7.81. The van der Waals surface area contributed by atoms with Crippen molar-refractivity contribution >= 4 is 23.1 Å². The number of carbonyl (C=O) groups is 1. The number of amides is 1.